The molecule has 118 valence electrons. The second kappa shape index (κ2) is 5.31. The van der Waals surface area contributed by atoms with Crippen LogP contribution in [0.3, 0.4) is 0 Å². The molecule has 0 aliphatic carbocycles. The molecule has 2 aromatic rings. The van der Waals surface area contributed by atoms with E-state index in [9.17, 15) is 28.4 Å². The van der Waals surface area contributed by atoms with E-state index in [0.29, 0.717) is 12.1 Å². The molecule has 1 atom stereocenters. The molecule has 0 saturated heterocycles. The van der Waals surface area contributed by atoms with Crippen LogP contribution in [0.4, 0.5) is 13.2 Å². The fourth-order valence-corrected chi connectivity index (χ4v) is 2.30. The van der Waals surface area contributed by atoms with Gasteiger partial charge in [0.2, 0.25) is 6.10 Å². The van der Waals surface area contributed by atoms with Crippen molar-refractivity contribution in [2.75, 3.05) is 0 Å². The van der Waals surface area contributed by atoms with Gasteiger partial charge in [-0.25, -0.2) is 13.2 Å². The van der Waals surface area contributed by atoms with Crippen LogP contribution in [0.2, 0.25) is 0 Å². The predicted octanol–water partition coefficient (Wildman–Crippen LogP) is 3.56. The molecule has 0 amide bonds. The molecule has 0 spiro atoms. The van der Waals surface area contributed by atoms with Gasteiger partial charge in [0.25, 0.3) is 5.70 Å². The number of fused-ring (bicyclic) bond motifs is 1. The first-order valence-corrected chi connectivity index (χ1v) is 6.37. The van der Waals surface area contributed by atoms with Crippen LogP contribution >= 0.6 is 0 Å². The summed E-state index contributed by atoms with van der Waals surface area (Å²) in [5.41, 5.74) is -1.07. The number of rotatable bonds is 2. The lowest BCUT2D eigenvalue weighted by Gasteiger charge is -2.23. The van der Waals surface area contributed by atoms with Crippen LogP contribution in [0.25, 0.3) is 6.08 Å². The molecular weight excluding hydrogens is 315 g/mol. The van der Waals surface area contributed by atoms with Gasteiger partial charge in [-0.2, -0.15) is 0 Å². The molecule has 0 fully saturated rings. The average molecular weight is 323 g/mol. The third-order valence-electron chi connectivity index (χ3n) is 3.38. The summed E-state index contributed by atoms with van der Waals surface area (Å²) < 4.78 is 45.7. The number of aromatic hydroxyl groups is 1. The summed E-state index contributed by atoms with van der Waals surface area (Å²) in [5, 5.41) is 20.9. The van der Waals surface area contributed by atoms with Gasteiger partial charge in [-0.1, -0.05) is 6.07 Å². The van der Waals surface area contributed by atoms with Crippen molar-refractivity contribution < 1.29 is 27.9 Å². The van der Waals surface area contributed by atoms with Crippen molar-refractivity contribution in [3.8, 4) is 11.5 Å². The minimum absolute atomic E-state index is 0.0541. The zero-order chi connectivity index (χ0) is 16.7. The van der Waals surface area contributed by atoms with Crippen LogP contribution in [0.15, 0.2) is 36.0 Å². The number of nitrogens with zero attached hydrogens (tertiary/aromatic N) is 1. The van der Waals surface area contributed by atoms with Crippen LogP contribution in [0.5, 0.6) is 11.5 Å². The van der Waals surface area contributed by atoms with Crippen molar-refractivity contribution in [1.29, 1.82) is 0 Å². The molecule has 5 nitrogen and oxygen atoms in total. The molecule has 0 aromatic heterocycles. The minimum Gasteiger partial charge on any atom is -0.507 e. The number of ether oxygens (including phenoxy) is 1. The molecule has 0 saturated carbocycles. The normalized spacial score (nSPS) is 16.3. The maximum atomic E-state index is 13.9. The molecule has 0 bridgehead atoms. The Morgan fingerprint density at radius 1 is 1.13 bits per heavy atom. The van der Waals surface area contributed by atoms with Crippen molar-refractivity contribution in [3.05, 3.63) is 74.7 Å². The first-order valence-electron chi connectivity index (χ1n) is 6.37. The van der Waals surface area contributed by atoms with Crippen LogP contribution in [-0.4, -0.2) is 10.0 Å². The Labute approximate surface area is 127 Å². The van der Waals surface area contributed by atoms with Crippen molar-refractivity contribution in [3.63, 3.8) is 0 Å². The summed E-state index contributed by atoms with van der Waals surface area (Å²) in [6.07, 6.45) is -0.561. The third kappa shape index (κ3) is 2.48. The van der Waals surface area contributed by atoms with Gasteiger partial charge < -0.3 is 9.84 Å². The number of benzene rings is 2. The highest BCUT2D eigenvalue weighted by molar-refractivity contribution is 5.67. The second-order valence-corrected chi connectivity index (χ2v) is 4.80. The van der Waals surface area contributed by atoms with E-state index in [0.717, 1.165) is 6.08 Å². The topological polar surface area (TPSA) is 72.6 Å². The van der Waals surface area contributed by atoms with Gasteiger partial charge in [-0.15, -0.1) is 0 Å². The van der Waals surface area contributed by atoms with Gasteiger partial charge >= 0.3 is 0 Å². The molecule has 1 aliphatic heterocycles. The van der Waals surface area contributed by atoms with Gasteiger partial charge in [-0.3, -0.25) is 10.1 Å². The number of phenols is 1. The SMILES string of the molecule is O=[N+]([O-])C1=Cc2c(O)cccc2OC1c1cc(F)c(F)cc1F. The zero-order valence-corrected chi connectivity index (χ0v) is 11.3. The summed E-state index contributed by atoms with van der Waals surface area (Å²) >= 11 is 0. The van der Waals surface area contributed by atoms with E-state index in [1.807, 2.05) is 0 Å². The fourth-order valence-electron chi connectivity index (χ4n) is 2.30. The van der Waals surface area contributed by atoms with Gasteiger partial charge in [0.05, 0.1) is 10.5 Å². The first-order chi connectivity index (χ1) is 10.9. The Hall–Kier alpha value is -3.03. The number of phenolic OH excluding ortho intramolecular Hbond substituents is 1. The van der Waals surface area contributed by atoms with E-state index < -0.39 is 39.7 Å². The lowest BCUT2D eigenvalue weighted by Crippen LogP contribution is -2.21. The van der Waals surface area contributed by atoms with E-state index >= 15 is 0 Å². The molecule has 2 aromatic carbocycles. The second-order valence-electron chi connectivity index (χ2n) is 4.80. The molecule has 3 rings (SSSR count). The number of halogens is 3. The highest BCUT2D eigenvalue weighted by Gasteiger charge is 2.36. The Morgan fingerprint density at radius 3 is 2.52 bits per heavy atom. The van der Waals surface area contributed by atoms with E-state index in [1.165, 1.54) is 18.2 Å². The van der Waals surface area contributed by atoms with Crippen LogP contribution in [0, 0.1) is 27.6 Å². The standard InChI is InChI=1S/C15H8F3NO4/c16-9-6-11(18)10(17)4-7(9)15-12(19(21)22)5-8-13(20)2-1-3-14(8)23-15/h1-6,15,20H. The van der Waals surface area contributed by atoms with Gasteiger partial charge in [0, 0.05) is 17.7 Å². The number of hydrogen-bond acceptors (Lipinski definition) is 4. The maximum absolute atomic E-state index is 13.9. The maximum Gasteiger partial charge on any atom is 0.292 e. The van der Waals surface area contributed by atoms with E-state index in [-0.39, 0.29) is 17.1 Å². The minimum atomic E-state index is -1.57. The van der Waals surface area contributed by atoms with Crippen molar-refractivity contribution in [1.82, 2.24) is 0 Å². The quantitative estimate of drug-likeness (QED) is 0.521. The molecule has 8 heteroatoms. The van der Waals surface area contributed by atoms with Gasteiger partial charge in [0.15, 0.2) is 11.6 Å². The molecule has 1 heterocycles. The van der Waals surface area contributed by atoms with Gasteiger partial charge in [0.1, 0.15) is 17.3 Å². The van der Waals surface area contributed by atoms with Crippen LogP contribution in [0.1, 0.15) is 17.2 Å². The summed E-state index contributed by atoms with van der Waals surface area (Å²) in [7, 11) is 0. The van der Waals surface area contributed by atoms with Crippen molar-refractivity contribution in [2.24, 2.45) is 0 Å². The summed E-state index contributed by atoms with van der Waals surface area (Å²) in [5.74, 6) is -4.14. The highest BCUT2D eigenvalue weighted by atomic mass is 19.2. The Balaban J connectivity index is 2.18. The summed E-state index contributed by atoms with van der Waals surface area (Å²) in [4.78, 5) is 10.4. The molecule has 0 radical (unpaired) electrons. The lowest BCUT2D eigenvalue weighted by atomic mass is 10.00. The van der Waals surface area contributed by atoms with Gasteiger partial charge in [-0.05, 0) is 18.2 Å². The molecule has 1 N–H and O–H groups in total. The van der Waals surface area contributed by atoms with Crippen molar-refractivity contribution in [2.45, 2.75) is 6.10 Å². The Kier molecular flexibility index (Phi) is 3.44. The lowest BCUT2D eigenvalue weighted by molar-refractivity contribution is -0.434. The summed E-state index contributed by atoms with van der Waals surface area (Å²) in [6, 6.07) is 4.95. The van der Waals surface area contributed by atoms with Crippen LogP contribution < -0.4 is 4.74 Å². The Bertz CT molecular complexity index is 851. The molecule has 1 unspecified atom stereocenters. The largest absolute Gasteiger partial charge is 0.507 e. The molecule has 23 heavy (non-hydrogen) atoms. The van der Waals surface area contributed by atoms with Crippen LogP contribution in [-0.2, 0) is 0 Å². The fraction of sp³-hybridized carbons (Fsp3) is 0.0667. The third-order valence-corrected chi connectivity index (χ3v) is 3.38. The number of nitro groups is 1. The van der Waals surface area contributed by atoms with E-state index in [2.05, 4.69) is 0 Å². The number of hydrogen-bond donors (Lipinski definition) is 1. The monoisotopic (exact) mass is 323 g/mol. The predicted molar refractivity (Wildman–Crippen MR) is 72.8 cm³/mol. The van der Waals surface area contributed by atoms with E-state index in [4.69, 9.17) is 4.74 Å². The zero-order valence-electron chi connectivity index (χ0n) is 11.3. The molecule has 1 aliphatic rings. The Morgan fingerprint density at radius 2 is 1.83 bits per heavy atom. The van der Waals surface area contributed by atoms with Crippen molar-refractivity contribution >= 4 is 6.08 Å². The van der Waals surface area contributed by atoms with E-state index in [1.54, 1.807) is 0 Å². The first kappa shape index (κ1) is 14.9. The summed E-state index contributed by atoms with van der Waals surface area (Å²) in [6.45, 7) is 0. The molecular formula is C15H8F3NO4. The highest BCUT2D eigenvalue weighted by Crippen LogP contribution is 2.41. The average Bonchev–Trinajstić information content (AvgIpc) is 2.50. The smallest absolute Gasteiger partial charge is 0.292 e.